The van der Waals surface area contributed by atoms with Crippen LogP contribution in [0.25, 0.3) is 0 Å². The van der Waals surface area contributed by atoms with Crippen LogP contribution < -0.4 is 10.2 Å². The van der Waals surface area contributed by atoms with Crippen molar-refractivity contribution in [1.29, 1.82) is 0 Å². The lowest BCUT2D eigenvalue weighted by Crippen LogP contribution is -2.37. The fourth-order valence-electron chi connectivity index (χ4n) is 2.97. The van der Waals surface area contributed by atoms with Gasteiger partial charge in [0, 0.05) is 5.56 Å². The zero-order valence-corrected chi connectivity index (χ0v) is 14.6. The number of methoxy groups -OCH3 is 1. The maximum Gasteiger partial charge on any atom is 0.355 e. The van der Waals surface area contributed by atoms with Gasteiger partial charge in [0.1, 0.15) is 11.8 Å². The van der Waals surface area contributed by atoms with E-state index in [2.05, 4.69) is 10.5 Å². The third-order valence-corrected chi connectivity index (χ3v) is 4.25. The Kier molecular flexibility index (Phi) is 5.31. The summed E-state index contributed by atoms with van der Waals surface area (Å²) in [6.45, 7) is 1.97. The highest BCUT2D eigenvalue weighted by Gasteiger charge is 2.41. The van der Waals surface area contributed by atoms with Crippen LogP contribution in [0.4, 0.5) is 0 Å². The third kappa shape index (κ3) is 3.44. The van der Waals surface area contributed by atoms with E-state index in [1.165, 1.54) is 0 Å². The molecule has 2 aromatic carbocycles. The number of Topliss-reactive ketones (excluding diaryl/α,β-unsaturated/α-hetero) is 1. The Hall–Kier alpha value is -3.15. The standard InChI is InChI=1S/C20H20N2O4/c1-3-26-20(24)18-16(13-9-11-15(25-2)12-10-13)17(21-22-18)19(23)14-7-5-4-6-8-14/h4-12,16-17,21H,3H2,1-2H3/t16-,17+/m0/s1. The van der Waals surface area contributed by atoms with E-state index in [4.69, 9.17) is 9.47 Å². The molecule has 2 atom stereocenters. The van der Waals surface area contributed by atoms with Gasteiger partial charge < -0.3 is 9.47 Å². The van der Waals surface area contributed by atoms with Crippen molar-refractivity contribution < 1.29 is 19.1 Å². The number of rotatable bonds is 6. The normalized spacial score (nSPS) is 18.6. The summed E-state index contributed by atoms with van der Waals surface area (Å²) < 4.78 is 10.3. The second-order valence-corrected chi connectivity index (χ2v) is 5.81. The fraction of sp³-hybridized carbons (Fsp3) is 0.250. The molecular formula is C20H20N2O4. The number of carbonyl (C=O) groups excluding carboxylic acids is 2. The highest BCUT2D eigenvalue weighted by atomic mass is 16.5. The molecule has 6 nitrogen and oxygen atoms in total. The van der Waals surface area contributed by atoms with Crippen LogP contribution in [0.15, 0.2) is 59.7 Å². The van der Waals surface area contributed by atoms with Crippen LogP contribution in [0.1, 0.15) is 28.8 Å². The van der Waals surface area contributed by atoms with Gasteiger partial charge >= 0.3 is 5.97 Å². The van der Waals surface area contributed by atoms with Crippen molar-refractivity contribution in [3.8, 4) is 5.75 Å². The van der Waals surface area contributed by atoms with Crippen LogP contribution in [0.3, 0.4) is 0 Å². The van der Waals surface area contributed by atoms with Crippen molar-refractivity contribution in [2.45, 2.75) is 18.9 Å². The zero-order chi connectivity index (χ0) is 18.5. The summed E-state index contributed by atoms with van der Waals surface area (Å²) in [5.74, 6) is -0.494. The Morgan fingerprint density at radius 3 is 2.38 bits per heavy atom. The van der Waals surface area contributed by atoms with Gasteiger partial charge in [-0.25, -0.2) is 4.79 Å². The van der Waals surface area contributed by atoms with Crippen LogP contribution in [-0.2, 0) is 9.53 Å². The second-order valence-electron chi connectivity index (χ2n) is 5.81. The van der Waals surface area contributed by atoms with Crippen molar-refractivity contribution in [2.75, 3.05) is 13.7 Å². The molecule has 0 aromatic heterocycles. The number of benzene rings is 2. The first kappa shape index (κ1) is 17.7. The van der Waals surface area contributed by atoms with E-state index >= 15 is 0 Å². The summed E-state index contributed by atoms with van der Waals surface area (Å²) in [5.41, 5.74) is 4.38. The molecule has 0 saturated carbocycles. The van der Waals surface area contributed by atoms with E-state index in [0.29, 0.717) is 11.3 Å². The molecule has 0 fully saturated rings. The molecule has 1 N–H and O–H groups in total. The number of esters is 1. The van der Waals surface area contributed by atoms with Gasteiger partial charge in [-0.3, -0.25) is 10.2 Å². The topological polar surface area (TPSA) is 77.0 Å². The Balaban J connectivity index is 1.96. The van der Waals surface area contributed by atoms with Crippen molar-refractivity contribution >= 4 is 17.5 Å². The number of ether oxygens (including phenoxy) is 2. The summed E-state index contributed by atoms with van der Waals surface area (Å²) in [5, 5.41) is 4.12. The van der Waals surface area contributed by atoms with Gasteiger partial charge in [-0.1, -0.05) is 42.5 Å². The lowest BCUT2D eigenvalue weighted by Gasteiger charge is -2.20. The van der Waals surface area contributed by atoms with Gasteiger partial charge in [0.25, 0.3) is 0 Å². The quantitative estimate of drug-likeness (QED) is 0.639. The van der Waals surface area contributed by atoms with Crippen molar-refractivity contribution in [2.24, 2.45) is 5.10 Å². The molecule has 26 heavy (non-hydrogen) atoms. The average molecular weight is 352 g/mol. The molecule has 1 heterocycles. The number of hydrogen-bond donors (Lipinski definition) is 1. The SMILES string of the molecule is CCOC(=O)C1=NN[C@@H](C(=O)c2ccccc2)[C@@H]1c1ccc(OC)cc1. The molecule has 0 bridgehead atoms. The Morgan fingerprint density at radius 1 is 1.08 bits per heavy atom. The second kappa shape index (κ2) is 7.82. The van der Waals surface area contributed by atoms with Crippen LogP contribution in [0.2, 0.25) is 0 Å². The molecule has 0 unspecified atom stereocenters. The van der Waals surface area contributed by atoms with Gasteiger partial charge in [0.05, 0.1) is 19.6 Å². The fourth-order valence-corrected chi connectivity index (χ4v) is 2.97. The largest absolute Gasteiger partial charge is 0.497 e. The number of carbonyl (C=O) groups is 2. The van der Waals surface area contributed by atoms with E-state index in [1.54, 1.807) is 50.4 Å². The molecular weight excluding hydrogens is 332 g/mol. The Labute approximate surface area is 151 Å². The summed E-state index contributed by atoms with van der Waals surface area (Å²) >= 11 is 0. The molecule has 0 spiro atoms. The van der Waals surface area contributed by atoms with Crippen LogP contribution in [-0.4, -0.2) is 37.2 Å². The number of hydrazone groups is 1. The van der Waals surface area contributed by atoms with E-state index in [-0.39, 0.29) is 18.1 Å². The maximum absolute atomic E-state index is 13.0. The van der Waals surface area contributed by atoms with Gasteiger partial charge in [-0.15, -0.1) is 0 Å². The first-order valence-corrected chi connectivity index (χ1v) is 8.39. The van der Waals surface area contributed by atoms with Crippen LogP contribution in [0, 0.1) is 0 Å². The molecule has 1 aliphatic heterocycles. The molecule has 1 aliphatic rings. The molecule has 0 aliphatic carbocycles. The minimum Gasteiger partial charge on any atom is -0.497 e. The van der Waals surface area contributed by atoms with E-state index < -0.39 is 17.9 Å². The van der Waals surface area contributed by atoms with Crippen LogP contribution >= 0.6 is 0 Å². The van der Waals surface area contributed by atoms with Crippen LogP contribution in [0.5, 0.6) is 5.75 Å². The minimum atomic E-state index is -0.676. The van der Waals surface area contributed by atoms with Gasteiger partial charge in [0.15, 0.2) is 11.5 Å². The number of nitrogens with zero attached hydrogens (tertiary/aromatic N) is 1. The smallest absolute Gasteiger partial charge is 0.355 e. The van der Waals surface area contributed by atoms with E-state index in [1.807, 2.05) is 18.2 Å². The summed E-state index contributed by atoms with van der Waals surface area (Å²) in [4.78, 5) is 25.3. The highest BCUT2D eigenvalue weighted by Crippen LogP contribution is 2.30. The van der Waals surface area contributed by atoms with Gasteiger partial charge in [-0.05, 0) is 24.6 Å². The molecule has 0 amide bonds. The summed E-state index contributed by atoms with van der Waals surface area (Å²) in [6.07, 6.45) is 0. The Bertz CT molecular complexity index is 815. The van der Waals surface area contributed by atoms with Gasteiger partial charge in [0.2, 0.25) is 0 Å². The first-order chi connectivity index (χ1) is 12.7. The monoisotopic (exact) mass is 352 g/mol. The molecule has 3 rings (SSSR count). The average Bonchev–Trinajstić information content (AvgIpc) is 3.13. The number of hydrogen-bond acceptors (Lipinski definition) is 6. The lowest BCUT2D eigenvalue weighted by molar-refractivity contribution is -0.135. The molecule has 0 saturated heterocycles. The molecule has 0 radical (unpaired) electrons. The molecule has 134 valence electrons. The van der Waals surface area contributed by atoms with E-state index in [0.717, 1.165) is 5.56 Å². The third-order valence-electron chi connectivity index (χ3n) is 4.25. The number of nitrogens with one attached hydrogen (secondary N) is 1. The predicted molar refractivity (Wildman–Crippen MR) is 97.5 cm³/mol. The molecule has 2 aromatic rings. The predicted octanol–water partition coefficient (Wildman–Crippen LogP) is 2.55. The maximum atomic E-state index is 13.0. The number of ketones is 1. The Morgan fingerprint density at radius 2 is 1.77 bits per heavy atom. The summed E-state index contributed by atoms with van der Waals surface area (Å²) in [6, 6.07) is 15.5. The van der Waals surface area contributed by atoms with E-state index in [9.17, 15) is 9.59 Å². The zero-order valence-electron chi connectivity index (χ0n) is 14.6. The lowest BCUT2D eigenvalue weighted by atomic mass is 9.84. The minimum absolute atomic E-state index is 0.130. The highest BCUT2D eigenvalue weighted by molar-refractivity contribution is 6.40. The molecule has 6 heteroatoms. The van der Waals surface area contributed by atoms with Crippen molar-refractivity contribution in [3.63, 3.8) is 0 Å². The first-order valence-electron chi connectivity index (χ1n) is 8.39. The van der Waals surface area contributed by atoms with Crippen molar-refractivity contribution in [3.05, 3.63) is 65.7 Å². The van der Waals surface area contributed by atoms with Crippen molar-refractivity contribution in [1.82, 2.24) is 5.43 Å². The van der Waals surface area contributed by atoms with Gasteiger partial charge in [-0.2, -0.15) is 5.10 Å². The summed E-state index contributed by atoms with van der Waals surface area (Å²) in [7, 11) is 1.58.